The van der Waals surface area contributed by atoms with Gasteiger partial charge in [0.25, 0.3) is 0 Å². The topological polar surface area (TPSA) is 30.9 Å². The van der Waals surface area contributed by atoms with Crippen molar-refractivity contribution in [1.29, 1.82) is 0 Å². The number of nitrogens with zero attached hydrogens (tertiary/aromatic N) is 3. The summed E-state index contributed by atoms with van der Waals surface area (Å²) in [5.74, 6) is 1.26. The number of alkyl halides is 2. The van der Waals surface area contributed by atoms with Crippen molar-refractivity contribution in [2.75, 3.05) is 11.9 Å². The molecule has 4 nitrogen and oxygen atoms in total. The van der Waals surface area contributed by atoms with Crippen LogP contribution in [0.25, 0.3) is 0 Å². The fraction of sp³-hybridized carbons (Fsp3) is 0.444. The zero-order valence-corrected chi connectivity index (χ0v) is 10.9. The predicted octanol–water partition coefficient (Wildman–Crippen LogP) is 2.57. The molecule has 1 N–H and O–H groups in total. The molecule has 0 saturated heterocycles. The van der Waals surface area contributed by atoms with Gasteiger partial charge in [0.1, 0.15) is 11.2 Å². The van der Waals surface area contributed by atoms with Crippen LogP contribution in [0.5, 0.6) is 0 Å². The molecule has 0 fully saturated rings. The Morgan fingerprint density at radius 2 is 2.19 bits per heavy atom. The molecule has 0 aromatic rings. The third-order valence-corrected chi connectivity index (χ3v) is 3.21. The van der Waals surface area contributed by atoms with Crippen molar-refractivity contribution in [3.8, 4) is 0 Å². The number of hydrogen-bond acceptors (Lipinski definition) is 4. The van der Waals surface area contributed by atoms with Gasteiger partial charge in [0.2, 0.25) is 0 Å². The van der Waals surface area contributed by atoms with E-state index in [0.717, 1.165) is 17.1 Å². The minimum Gasteiger partial charge on any atom is -0.279 e. The van der Waals surface area contributed by atoms with Gasteiger partial charge in [0, 0.05) is 17.2 Å². The second-order valence-electron chi connectivity index (χ2n) is 3.42. The quantitative estimate of drug-likeness (QED) is 0.637. The highest BCUT2D eigenvalue weighted by molar-refractivity contribution is 6.32. The van der Waals surface area contributed by atoms with Crippen LogP contribution in [-0.2, 0) is 0 Å². The van der Waals surface area contributed by atoms with Crippen LogP contribution in [0.2, 0.25) is 0 Å². The maximum Gasteiger partial charge on any atom is 0.167 e. The molecule has 0 saturated carbocycles. The Morgan fingerprint density at radius 1 is 1.44 bits per heavy atom. The molecule has 2 heterocycles. The number of nitrogens with one attached hydrogen (secondary N) is 1. The van der Waals surface area contributed by atoms with Crippen molar-refractivity contribution in [1.82, 2.24) is 15.6 Å². The first-order chi connectivity index (χ1) is 7.67. The number of allylic oxidation sites excluding steroid dienone is 1. The lowest BCUT2D eigenvalue weighted by atomic mass is 10.1. The minimum absolute atomic E-state index is 0.323. The second-order valence-corrected chi connectivity index (χ2v) is 4.39. The van der Waals surface area contributed by atoms with Gasteiger partial charge in [-0.05, 0) is 13.3 Å². The number of hydrogen-bond donors (Lipinski definition) is 1. The molecule has 0 aromatic carbocycles. The molecule has 7 heteroatoms. The van der Waals surface area contributed by atoms with E-state index < -0.39 is 0 Å². The molecule has 0 bridgehead atoms. The molecule has 0 atom stereocenters. The van der Waals surface area contributed by atoms with Gasteiger partial charge in [0.05, 0.1) is 6.20 Å². The molecular weight excluding hydrogens is 270 g/mol. The fourth-order valence-electron chi connectivity index (χ4n) is 1.59. The van der Waals surface area contributed by atoms with E-state index in [1.807, 2.05) is 6.92 Å². The first-order valence-electron chi connectivity index (χ1n) is 4.78. The standard InChI is InChI=1S/C9H11Cl3N4/c1-6-7(2-3-10)9(12)16-8(13-6)4-15(5-11)14-16/h4,14H,2-3,5H2,1H3. The first-order valence-corrected chi connectivity index (χ1v) is 6.23. The molecule has 2 rings (SSSR count). The number of aliphatic imine (C=N–C) groups is 1. The van der Waals surface area contributed by atoms with Crippen LogP contribution in [-0.4, -0.2) is 27.6 Å². The van der Waals surface area contributed by atoms with E-state index in [1.165, 1.54) is 0 Å². The third kappa shape index (κ3) is 2.02. The summed E-state index contributed by atoms with van der Waals surface area (Å²) in [6.07, 6.45) is 2.50. The molecule has 2 aliphatic rings. The lowest BCUT2D eigenvalue weighted by molar-refractivity contribution is 0.187. The Balaban J connectivity index is 2.31. The van der Waals surface area contributed by atoms with Gasteiger partial charge in [-0.3, -0.25) is 5.01 Å². The highest BCUT2D eigenvalue weighted by Gasteiger charge is 2.28. The van der Waals surface area contributed by atoms with E-state index in [1.54, 1.807) is 16.2 Å². The van der Waals surface area contributed by atoms with Crippen molar-refractivity contribution in [3.63, 3.8) is 0 Å². The molecule has 0 aromatic heterocycles. The monoisotopic (exact) mass is 280 g/mol. The maximum atomic E-state index is 6.27. The molecule has 0 amide bonds. The van der Waals surface area contributed by atoms with E-state index in [4.69, 9.17) is 34.8 Å². The van der Waals surface area contributed by atoms with Crippen molar-refractivity contribution >= 4 is 40.5 Å². The van der Waals surface area contributed by atoms with E-state index in [9.17, 15) is 0 Å². The van der Waals surface area contributed by atoms with Crippen LogP contribution >= 0.6 is 34.8 Å². The molecule has 88 valence electrons. The Hall–Kier alpha value is -0.420. The number of fused-ring (bicyclic) bond motifs is 1. The normalized spacial score (nSPS) is 20.0. The van der Waals surface area contributed by atoms with Gasteiger partial charge in [0.15, 0.2) is 5.82 Å². The van der Waals surface area contributed by atoms with Crippen LogP contribution < -0.4 is 5.53 Å². The van der Waals surface area contributed by atoms with Crippen LogP contribution in [0.1, 0.15) is 13.3 Å². The summed E-state index contributed by atoms with van der Waals surface area (Å²) >= 11 is 17.7. The zero-order chi connectivity index (χ0) is 11.7. The molecule has 0 radical (unpaired) electrons. The summed E-state index contributed by atoms with van der Waals surface area (Å²) in [7, 11) is 0. The summed E-state index contributed by atoms with van der Waals surface area (Å²) in [5, 5.41) is 3.99. The van der Waals surface area contributed by atoms with Gasteiger partial charge >= 0.3 is 0 Å². The predicted molar refractivity (Wildman–Crippen MR) is 66.9 cm³/mol. The lowest BCUT2D eigenvalue weighted by Gasteiger charge is -2.26. The van der Waals surface area contributed by atoms with Crippen molar-refractivity contribution in [2.45, 2.75) is 13.3 Å². The highest BCUT2D eigenvalue weighted by Crippen LogP contribution is 2.30. The summed E-state index contributed by atoms with van der Waals surface area (Å²) in [6, 6.07) is 0.323. The van der Waals surface area contributed by atoms with Crippen LogP contribution in [0, 0.1) is 0 Å². The molecular formula is C9H11Cl3N4. The van der Waals surface area contributed by atoms with Crippen LogP contribution in [0.4, 0.5) is 0 Å². The second kappa shape index (κ2) is 4.84. The summed E-state index contributed by atoms with van der Waals surface area (Å²) in [4.78, 5) is 4.43. The highest BCUT2D eigenvalue weighted by atomic mass is 35.5. The maximum absolute atomic E-state index is 6.27. The average molecular weight is 282 g/mol. The van der Waals surface area contributed by atoms with Crippen molar-refractivity contribution < 1.29 is 0 Å². The van der Waals surface area contributed by atoms with E-state index >= 15 is 0 Å². The Morgan fingerprint density at radius 3 is 2.81 bits per heavy atom. The van der Waals surface area contributed by atoms with Crippen molar-refractivity contribution in [3.05, 3.63) is 22.8 Å². The SMILES string of the molecule is CC1=NC2=CN(CCl)NN2C(Cl)=C1CCCl. The molecule has 0 aliphatic carbocycles. The Bertz CT molecular complexity index is 388. The van der Waals surface area contributed by atoms with E-state index in [0.29, 0.717) is 23.5 Å². The number of rotatable bonds is 3. The lowest BCUT2D eigenvalue weighted by Crippen LogP contribution is -2.40. The summed E-state index contributed by atoms with van der Waals surface area (Å²) in [6.45, 7) is 1.92. The van der Waals surface area contributed by atoms with Crippen LogP contribution in [0.15, 0.2) is 27.7 Å². The summed E-state index contributed by atoms with van der Waals surface area (Å²) < 4.78 is 0. The third-order valence-electron chi connectivity index (χ3n) is 2.37. The molecule has 0 spiro atoms. The summed E-state index contributed by atoms with van der Waals surface area (Å²) in [5.41, 5.74) is 4.85. The molecule has 2 aliphatic heterocycles. The van der Waals surface area contributed by atoms with Crippen LogP contribution in [0.3, 0.4) is 0 Å². The van der Waals surface area contributed by atoms with Gasteiger partial charge in [-0.2, -0.15) is 0 Å². The Kier molecular flexibility index (Phi) is 3.64. The van der Waals surface area contributed by atoms with Crippen molar-refractivity contribution in [2.24, 2.45) is 4.99 Å². The smallest absolute Gasteiger partial charge is 0.167 e. The van der Waals surface area contributed by atoms with E-state index in [2.05, 4.69) is 10.5 Å². The number of hydrazine groups is 2. The Labute approximate surface area is 109 Å². The molecule has 16 heavy (non-hydrogen) atoms. The zero-order valence-electron chi connectivity index (χ0n) is 8.67. The largest absolute Gasteiger partial charge is 0.279 e. The van der Waals surface area contributed by atoms with E-state index in [-0.39, 0.29) is 0 Å². The minimum atomic E-state index is 0.323. The number of halogens is 3. The van der Waals surface area contributed by atoms with Gasteiger partial charge < -0.3 is 0 Å². The molecule has 0 unspecified atom stereocenters. The average Bonchev–Trinajstić information content (AvgIpc) is 2.67. The van der Waals surface area contributed by atoms with Gasteiger partial charge in [-0.25, -0.2) is 10.0 Å². The van der Waals surface area contributed by atoms with Gasteiger partial charge in [-0.15, -0.1) is 28.7 Å². The fourth-order valence-corrected chi connectivity index (χ4v) is 2.26. The first kappa shape index (κ1) is 12.0. The van der Waals surface area contributed by atoms with Gasteiger partial charge in [-0.1, -0.05) is 11.6 Å².